The van der Waals surface area contributed by atoms with Gasteiger partial charge in [0.2, 0.25) is 5.78 Å². The average Bonchev–Trinajstić information content (AvgIpc) is 2.06. The van der Waals surface area contributed by atoms with Crippen molar-refractivity contribution in [1.82, 2.24) is 9.97 Å². The molecule has 0 unspecified atom stereocenters. The Labute approximate surface area is 63.8 Å². The van der Waals surface area contributed by atoms with Crippen LogP contribution in [0.25, 0.3) is 0 Å². The van der Waals surface area contributed by atoms with Gasteiger partial charge in [0.15, 0.2) is 0 Å². The van der Waals surface area contributed by atoms with Gasteiger partial charge >= 0.3 is 0 Å². The highest BCUT2D eigenvalue weighted by atomic mass is 16.1. The van der Waals surface area contributed by atoms with Crippen molar-refractivity contribution in [3.63, 3.8) is 0 Å². The van der Waals surface area contributed by atoms with Gasteiger partial charge in [-0.2, -0.15) is 0 Å². The van der Waals surface area contributed by atoms with Crippen LogP contribution < -0.4 is 0 Å². The summed E-state index contributed by atoms with van der Waals surface area (Å²) in [4.78, 5) is 18.8. The number of rotatable bonds is 0. The highest BCUT2D eigenvalue weighted by Gasteiger charge is 2.12. The highest BCUT2D eigenvalue weighted by molar-refractivity contribution is 6.05. The third kappa shape index (κ3) is 0.941. The van der Waals surface area contributed by atoms with E-state index in [-0.39, 0.29) is 5.78 Å². The van der Waals surface area contributed by atoms with E-state index in [1.165, 1.54) is 6.33 Å². The topological polar surface area (TPSA) is 42.9 Å². The molecular formula is C8H6N2O. The van der Waals surface area contributed by atoms with Crippen molar-refractivity contribution in [2.45, 2.75) is 6.42 Å². The fraction of sp³-hybridized carbons (Fsp3) is 0.125. The molecule has 0 radical (unpaired) electrons. The fourth-order valence-electron chi connectivity index (χ4n) is 1.10. The lowest BCUT2D eigenvalue weighted by atomic mass is 10.0. The van der Waals surface area contributed by atoms with Crippen molar-refractivity contribution in [1.29, 1.82) is 0 Å². The van der Waals surface area contributed by atoms with E-state index in [2.05, 4.69) is 9.97 Å². The molecule has 0 saturated heterocycles. The molecule has 1 aromatic heterocycles. The summed E-state index contributed by atoms with van der Waals surface area (Å²) < 4.78 is 0. The van der Waals surface area contributed by atoms with Gasteiger partial charge in [-0.15, -0.1) is 0 Å². The summed E-state index contributed by atoms with van der Waals surface area (Å²) in [6.45, 7) is 0. The molecule has 2 rings (SSSR count). The summed E-state index contributed by atoms with van der Waals surface area (Å²) in [7, 11) is 0. The Balaban J connectivity index is 2.59. The lowest BCUT2D eigenvalue weighted by Crippen LogP contribution is -2.08. The summed E-state index contributed by atoms with van der Waals surface area (Å²) in [5.74, 6) is -0.0198. The Morgan fingerprint density at radius 1 is 1.45 bits per heavy atom. The Morgan fingerprint density at radius 2 is 2.36 bits per heavy atom. The van der Waals surface area contributed by atoms with Crippen LogP contribution in [0.2, 0.25) is 0 Å². The second-order valence-electron chi connectivity index (χ2n) is 2.37. The maximum absolute atomic E-state index is 11.1. The Hall–Kier alpha value is -1.51. The SMILES string of the molecule is O=C1C=CCc2cncnc21. The predicted octanol–water partition coefficient (Wildman–Crippen LogP) is 0.772. The van der Waals surface area contributed by atoms with Crippen LogP contribution in [-0.4, -0.2) is 15.8 Å². The molecule has 0 amide bonds. The molecule has 0 bridgehead atoms. The zero-order valence-corrected chi connectivity index (χ0v) is 5.82. The number of ketones is 1. The van der Waals surface area contributed by atoms with E-state index < -0.39 is 0 Å². The third-order valence-corrected chi connectivity index (χ3v) is 1.63. The zero-order valence-electron chi connectivity index (χ0n) is 5.82. The first-order valence-electron chi connectivity index (χ1n) is 3.37. The summed E-state index contributed by atoms with van der Waals surface area (Å²) in [6.07, 6.45) is 7.23. The number of carbonyl (C=O) groups is 1. The monoisotopic (exact) mass is 146 g/mol. The van der Waals surface area contributed by atoms with E-state index in [4.69, 9.17) is 0 Å². The van der Waals surface area contributed by atoms with Gasteiger partial charge in [-0.25, -0.2) is 9.97 Å². The van der Waals surface area contributed by atoms with Crippen molar-refractivity contribution in [2.75, 3.05) is 0 Å². The number of hydrogen-bond donors (Lipinski definition) is 0. The molecule has 0 atom stereocenters. The number of allylic oxidation sites excluding steroid dienone is 2. The minimum Gasteiger partial charge on any atom is -0.288 e. The minimum atomic E-state index is -0.0198. The van der Waals surface area contributed by atoms with Crippen molar-refractivity contribution in [3.8, 4) is 0 Å². The molecule has 3 nitrogen and oxygen atoms in total. The van der Waals surface area contributed by atoms with Gasteiger partial charge < -0.3 is 0 Å². The molecular weight excluding hydrogens is 140 g/mol. The standard InChI is InChI=1S/C8H6N2O/c11-7-3-1-2-6-4-9-5-10-8(6)7/h1,3-5H,2H2. The number of carbonyl (C=O) groups excluding carboxylic acids is 1. The molecule has 0 aromatic carbocycles. The Morgan fingerprint density at radius 3 is 3.18 bits per heavy atom. The Kier molecular flexibility index (Phi) is 1.28. The number of aromatic nitrogens is 2. The molecule has 1 aliphatic rings. The molecule has 0 spiro atoms. The second-order valence-corrected chi connectivity index (χ2v) is 2.37. The average molecular weight is 146 g/mol. The first kappa shape index (κ1) is 6.22. The predicted molar refractivity (Wildman–Crippen MR) is 39.2 cm³/mol. The van der Waals surface area contributed by atoms with E-state index in [1.54, 1.807) is 12.3 Å². The summed E-state index contributed by atoms with van der Waals surface area (Å²) in [6, 6.07) is 0. The Bertz CT molecular complexity index is 331. The van der Waals surface area contributed by atoms with Gasteiger partial charge in [-0.1, -0.05) is 6.08 Å². The van der Waals surface area contributed by atoms with E-state index >= 15 is 0 Å². The zero-order chi connectivity index (χ0) is 7.68. The molecule has 3 heteroatoms. The molecule has 0 N–H and O–H groups in total. The molecule has 54 valence electrons. The van der Waals surface area contributed by atoms with Crippen molar-refractivity contribution < 1.29 is 4.79 Å². The van der Waals surface area contributed by atoms with Gasteiger partial charge in [0.25, 0.3) is 0 Å². The van der Waals surface area contributed by atoms with E-state index in [0.29, 0.717) is 5.69 Å². The summed E-state index contributed by atoms with van der Waals surface area (Å²) >= 11 is 0. The summed E-state index contributed by atoms with van der Waals surface area (Å²) in [5.41, 5.74) is 1.46. The van der Waals surface area contributed by atoms with Crippen LogP contribution in [0, 0.1) is 0 Å². The van der Waals surface area contributed by atoms with Crippen LogP contribution in [0.5, 0.6) is 0 Å². The maximum atomic E-state index is 11.1. The van der Waals surface area contributed by atoms with Crippen molar-refractivity contribution >= 4 is 5.78 Å². The minimum absolute atomic E-state index is 0.0198. The first-order chi connectivity index (χ1) is 5.38. The normalized spacial score (nSPS) is 14.7. The molecule has 1 aromatic rings. The van der Waals surface area contributed by atoms with Crippen LogP contribution in [-0.2, 0) is 6.42 Å². The lowest BCUT2D eigenvalue weighted by molar-refractivity contribution is 0.103. The van der Waals surface area contributed by atoms with Gasteiger partial charge in [0.1, 0.15) is 12.0 Å². The van der Waals surface area contributed by atoms with Crippen LogP contribution >= 0.6 is 0 Å². The highest BCUT2D eigenvalue weighted by Crippen LogP contribution is 2.11. The molecule has 1 heterocycles. The van der Waals surface area contributed by atoms with Gasteiger partial charge in [-0.3, -0.25) is 4.79 Å². The van der Waals surface area contributed by atoms with E-state index in [1.807, 2.05) is 6.08 Å². The molecule has 0 saturated carbocycles. The quantitative estimate of drug-likeness (QED) is 0.543. The van der Waals surface area contributed by atoms with Crippen molar-refractivity contribution in [2.24, 2.45) is 0 Å². The summed E-state index contributed by atoms with van der Waals surface area (Å²) in [5, 5.41) is 0. The van der Waals surface area contributed by atoms with Gasteiger partial charge in [-0.05, 0) is 12.5 Å². The van der Waals surface area contributed by atoms with Gasteiger partial charge in [0, 0.05) is 11.8 Å². The largest absolute Gasteiger partial charge is 0.288 e. The molecule has 1 aliphatic carbocycles. The van der Waals surface area contributed by atoms with Crippen LogP contribution in [0.15, 0.2) is 24.7 Å². The van der Waals surface area contributed by atoms with Gasteiger partial charge in [0.05, 0.1) is 0 Å². The molecule has 11 heavy (non-hydrogen) atoms. The first-order valence-corrected chi connectivity index (χ1v) is 3.37. The fourth-order valence-corrected chi connectivity index (χ4v) is 1.10. The smallest absolute Gasteiger partial charge is 0.204 e. The molecule has 0 fully saturated rings. The van der Waals surface area contributed by atoms with Crippen molar-refractivity contribution in [3.05, 3.63) is 35.9 Å². The lowest BCUT2D eigenvalue weighted by Gasteiger charge is -2.05. The number of nitrogens with zero attached hydrogens (tertiary/aromatic N) is 2. The molecule has 0 aliphatic heterocycles. The maximum Gasteiger partial charge on any atom is 0.204 e. The van der Waals surface area contributed by atoms with Crippen LogP contribution in [0.3, 0.4) is 0 Å². The van der Waals surface area contributed by atoms with E-state index in [9.17, 15) is 4.79 Å². The van der Waals surface area contributed by atoms with Crippen LogP contribution in [0.4, 0.5) is 0 Å². The second kappa shape index (κ2) is 2.27. The van der Waals surface area contributed by atoms with Crippen LogP contribution in [0.1, 0.15) is 16.1 Å². The third-order valence-electron chi connectivity index (χ3n) is 1.63. The number of hydrogen-bond acceptors (Lipinski definition) is 3. The number of fused-ring (bicyclic) bond motifs is 1. The van der Waals surface area contributed by atoms with E-state index in [0.717, 1.165) is 12.0 Å².